The summed E-state index contributed by atoms with van der Waals surface area (Å²) in [5, 5.41) is 12.2. The maximum absolute atomic E-state index is 11.4. The number of nitro groups is 1. The molecule has 0 aliphatic carbocycles. The number of anilines is 1. The van der Waals surface area contributed by atoms with Crippen LogP contribution in [0.4, 0.5) is 11.4 Å². The third-order valence-electron chi connectivity index (χ3n) is 4.29. The van der Waals surface area contributed by atoms with Crippen molar-refractivity contribution in [3.63, 3.8) is 0 Å². The molecule has 1 aliphatic rings. The van der Waals surface area contributed by atoms with Gasteiger partial charge in [-0.1, -0.05) is 25.1 Å². The molecular formula is C15H18N4O2. The standard InChI is InChI=1S/C15H18N4O2/c1-15(9-16)6-7-18(10-15)14-11-4-2-3-5-12(11)17-8-13(14)19(20)21/h2-5,8H,6-7,9-10,16H2,1H3. The molecule has 2 heterocycles. The number of para-hydroxylation sites is 1. The van der Waals surface area contributed by atoms with Crippen molar-refractivity contribution in [3.8, 4) is 0 Å². The fraction of sp³-hybridized carbons (Fsp3) is 0.400. The van der Waals surface area contributed by atoms with Gasteiger partial charge in [0, 0.05) is 18.5 Å². The van der Waals surface area contributed by atoms with Gasteiger partial charge in [0.2, 0.25) is 0 Å². The van der Waals surface area contributed by atoms with Crippen molar-refractivity contribution in [2.45, 2.75) is 13.3 Å². The third kappa shape index (κ3) is 2.31. The normalized spacial score (nSPS) is 21.9. The molecule has 1 fully saturated rings. The first-order valence-corrected chi connectivity index (χ1v) is 7.01. The lowest BCUT2D eigenvalue weighted by atomic mass is 9.90. The first-order chi connectivity index (χ1) is 10.0. The lowest BCUT2D eigenvalue weighted by Crippen LogP contribution is -2.31. The molecule has 1 saturated heterocycles. The molecule has 6 nitrogen and oxygen atoms in total. The van der Waals surface area contributed by atoms with E-state index in [9.17, 15) is 10.1 Å². The van der Waals surface area contributed by atoms with Crippen LogP contribution in [-0.4, -0.2) is 29.5 Å². The van der Waals surface area contributed by atoms with Crippen LogP contribution in [0, 0.1) is 15.5 Å². The minimum atomic E-state index is -0.354. The van der Waals surface area contributed by atoms with Crippen LogP contribution in [-0.2, 0) is 0 Å². The molecule has 0 bridgehead atoms. The zero-order chi connectivity index (χ0) is 15.0. The average molecular weight is 286 g/mol. The minimum Gasteiger partial charge on any atom is -0.365 e. The number of benzene rings is 1. The van der Waals surface area contributed by atoms with Gasteiger partial charge < -0.3 is 10.6 Å². The second-order valence-electron chi connectivity index (χ2n) is 5.95. The highest BCUT2D eigenvalue weighted by Crippen LogP contribution is 2.40. The van der Waals surface area contributed by atoms with Crippen LogP contribution >= 0.6 is 0 Å². The summed E-state index contributed by atoms with van der Waals surface area (Å²) in [6.07, 6.45) is 2.30. The summed E-state index contributed by atoms with van der Waals surface area (Å²) in [6.45, 7) is 4.23. The molecule has 110 valence electrons. The number of rotatable bonds is 3. The fourth-order valence-electron chi connectivity index (χ4n) is 2.96. The van der Waals surface area contributed by atoms with Gasteiger partial charge in [-0.3, -0.25) is 10.1 Å². The topological polar surface area (TPSA) is 85.3 Å². The summed E-state index contributed by atoms with van der Waals surface area (Å²) in [5.41, 5.74) is 7.37. The zero-order valence-electron chi connectivity index (χ0n) is 12.0. The van der Waals surface area contributed by atoms with E-state index in [1.807, 2.05) is 24.3 Å². The number of hydrogen-bond donors (Lipinski definition) is 1. The van der Waals surface area contributed by atoms with Crippen LogP contribution in [0.15, 0.2) is 30.5 Å². The van der Waals surface area contributed by atoms with E-state index in [-0.39, 0.29) is 16.0 Å². The Hall–Kier alpha value is -2.21. The molecule has 1 aromatic heterocycles. The van der Waals surface area contributed by atoms with Crippen molar-refractivity contribution in [1.29, 1.82) is 0 Å². The predicted octanol–water partition coefficient (Wildman–Crippen LogP) is 2.32. The van der Waals surface area contributed by atoms with E-state index in [4.69, 9.17) is 5.73 Å². The number of nitrogens with zero attached hydrogens (tertiary/aromatic N) is 3. The van der Waals surface area contributed by atoms with Crippen molar-refractivity contribution in [3.05, 3.63) is 40.6 Å². The van der Waals surface area contributed by atoms with Gasteiger partial charge in [0.05, 0.1) is 10.4 Å². The van der Waals surface area contributed by atoms with Gasteiger partial charge in [-0.2, -0.15) is 0 Å². The molecule has 1 aliphatic heterocycles. The number of aromatic nitrogens is 1. The summed E-state index contributed by atoms with van der Waals surface area (Å²) in [5.74, 6) is 0. The molecule has 2 aromatic rings. The van der Waals surface area contributed by atoms with Crippen LogP contribution in [0.25, 0.3) is 10.9 Å². The smallest absolute Gasteiger partial charge is 0.311 e. The Kier molecular flexibility index (Phi) is 3.25. The lowest BCUT2D eigenvalue weighted by molar-refractivity contribution is -0.384. The Labute approximate surface area is 122 Å². The summed E-state index contributed by atoms with van der Waals surface area (Å²) in [7, 11) is 0. The summed E-state index contributed by atoms with van der Waals surface area (Å²) < 4.78 is 0. The third-order valence-corrected chi connectivity index (χ3v) is 4.29. The van der Waals surface area contributed by atoms with E-state index in [2.05, 4.69) is 16.8 Å². The van der Waals surface area contributed by atoms with Crippen LogP contribution in [0.3, 0.4) is 0 Å². The number of hydrogen-bond acceptors (Lipinski definition) is 5. The van der Waals surface area contributed by atoms with Crippen molar-refractivity contribution >= 4 is 22.3 Å². The van der Waals surface area contributed by atoms with Crippen molar-refractivity contribution in [2.24, 2.45) is 11.1 Å². The van der Waals surface area contributed by atoms with Crippen LogP contribution < -0.4 is 10.6 Å². The molecule has 2 N–H and O–H groups in total. The highest BCUT2D eigenvalue weighted by atomic mass is 16.6. The first-order valence-electron chi connectivity index (χ1n) is 7.01. The minimum absolute atomic E-state index is 0.0121. The van der Waals surface area contributed by atoms with E-state index < -0.39 is 0 Å². The van der Waals surface area contributed by atoms with Crippen LogP contribution in [0.1, 0.15) is 13.3 Å². The molecule has 6 heteroatoms. The largest absolute Gasteiger partial charge is 0.365 e. The van der Waals surface area contributed by atoms with E-state index in [0.717, 1.165) is 30.4 Å². The van der Waals surface area contributed by atoms with E-state index in [1.54, 1.807) is 0 Å². The summed E-state index contributed by atoms with van der Waals surface area (Å²) in [6, 6.07) is 7.54. The number of pyridine rings is 1. The summed E-state index contributed by atoms with van der Waals surface area (Å²) in [4.78, 5) is 17.3. The molecule has 3 rings (SSSR count). The molecule has 0 amide bonds. The maximum atomic E-state index is 11.4. The second kappa shape index (κ2) is 4.96. The Balaban J connectivity index is 2.16. The van der Waals surface area contributed by atoms with Gasteiger partial charge in [-0.05, 0) is 24.4 Å². The van der Waals surface area contributed by atoms with Gasteiger partial charge in [-0.25, -0.2) is 4.98 Å². The average Bonchev–Trinajstić information content (AvgIpc) is 2.89. The molecule has 0 saturated carbocycles. The van der Waals surface area contributed by atoms with Gasteiger partial charge in [-0.15, -0.1) is 0 Å². The van der Waals surface area contributed by atoms with Crippen molar-refractivity contribution < 1.29 is 4.92 Å². The maximum Gasteiger partial charge on any atom is 0.311 e. The summed E-state index contributed by atoms with van der Waals surface area (Å²) >= 11 is 0. The first kappa shape index (κ1) is 13.8. The zero-order valence-corrected chi connectivity index (χ0v) is 12.0. The molecule has 21 heavy (non-hydrogen) atoms. The van der Waals surface area contributed by atoms with Gasteiger partial charge in [0.15, 0.2) is 0 Å². The van der Waals surface area contributed by atoms with E-state index >= 15 is 0 Å². The lowest BCUT2D eigenvalue weighted by Gasteiger charge is -2.24. The number of fused-ring (bicyclic) bond motifs is 1. The Morgan fingerprint density at radius 1 is 1.48 bits per heavy atom. The predicted molar refractivity (Wildman–Crippen MR) is 82.4 cm³/mol. The van der Waals surface area contributed by atoms with E-state index in [1.165, 1.54) is 6.20 Å². The van der Waals surface area contributed by atoms with Gasteiger partial charge in [0.1, 0.15) is 11.9 Å². The Morgan fingerprint density at radius 2 is 2.24 bits per heavy atom. The monoisotopic (exact) mass is 286 g/mol. The van der Waals surface area contributed by atoms with E-state index in [0.29, 0.717) is 12.2 Å². The highest BCUT2D eigenvalue weighted by molar-refractivity contribution is 5.96. The molecule has 1 atom stereocenters. The molecule has 0 spiro atoms. The second-order valence-corrected chi connectivity index (χ2v) is 5.95. The molecule has 1 aromatic carbocycles. The van der Waals surface area contributed by atoms with Crippen molar-refractivity contribution in [2.75, 3.05) is 24.5 Å². The molecule has 1 unspecified atom stereocenters. The fourth-order valence-corrected chi connectivity index (χ4v) is 2.96. The quantitative estimate of drug-likeness (QED) is 0.691. The SMILES string of the molecule is CC1(CN)CCN(c2c([N+](=O)[O-])cnc3ccccc23)C1. The Bertz CT molecular complexity index is 703. The van der Waals surface area contributed by atoms with Crippen molar-refractivity contribution in [1.82, 2.24) is 4.98 Å². The van der Waals surface area contributed by atoms with Crippen LogP contribution in [0.2, 0.25) is 0 Å². The number of nitrogens with two attached hydrogens (primary N) is 1. The molecule has 0 radical (unpaired) electrons. The van der Waals surface area contributed by atoms with Gasteiger partial charge >= 0.3 is 5.69 Å². The van der Waals surface area contributed by atoms with Crippen LogP contribution in [0.5, 0.6) is 0 Å². The highest BCUT2D eigenvalue weighted by Gasteiger charge is 2.36. The Morgan fingerprint density at radius 3 is 2.90 bits per heavy atom. The molecular weight excluding hydrogens is 268 g/mol. The van der Waals surface area contributed by atoms with Gasteiger partial charge in [0.25, 0.3) is 0 Å².